The van der Waals surface area contributed by atoms with Gasteiger partial charge in [-0.2, -0.15) is 0 Å². The van der Waals surface area contributed by atoms with Gasteiger partial charge in [-0.05, 0) is 49.7 Å². The summed E-state index contributed by atoms with van der Waals surface area (Å²) in [6.45, 7) is 6.44. The molecular formula is C15H20O2. The van der Waals surface area contributed by atoms with Gasteiger partial charge in [0.05, 0.1) is 5.92 Å². The van der Waals surface area contributed by atoms with Crippen molar-refractivity contribution in [3.8, 4) is 0 Å². The van der Waals surface area contributed by atoms with E-state index in [9.17, 15) is 4.79 Å². The molecule has 0 radical (unpaired) electrons. The van der Waals surface area contributed by atoms with Crippen molar-refractivity contribution in [3.63, 3.8) is 0 Å². The normalized spacial score (nSPS) is 24.4. The summed E-state index contributed by atoms with van der Waals surface area (Å²) in [5, 5.41) is 8.90. The standard InChI is InChI=1S/C15H20O2/c1-9-4-5-13(10(2)6-9)11(3)7-12-8-14(12)15(16)17/h4-6,11-12,14H,7-8H2,1-3H3,(H,16,17). The summed E-state index contributed by atoms with van der Waals surface area (Å²) >= 11 is 0. The molecule has 0 saturated heterocycles. The van der Waals surface area contributed by atoms with Gasteiger partial charge in [-0.1, -0.05) is 30.7 Å². The van der Waals surface area contributed by atoms with Crippen LogP contribution in [0, 0.1) is 25.7 Å². The minimum atomic E-state index is -0.622. The quantitative estimate of drug-likeness (QED) is 0.862. The summed E-state index contributed by atoms with van der Waals surface area (Å²) in [5.74, 6) is 0.152. The average molecular weight is 232 g/mol. The summed E-state index contributed by atoms with van der Waals surface area (Å²) in [6, 6.07) is 6.53. The molecule has 0 spiro atoms. The SMILES string of the molecule is Cc1ccc(C(C)CC2CC2C(=O)O)c(C)c1. The number of hydrogen-bond acceptors (Lipinski definition) is 1. The van der Waals surface area contributed by atoms with E-state index in [0.717, 1.165) is 12.8 Å². The lowest BCUT2D eigenvalue weighted by Gasteiger charge is -2.15. The van der Waals surface area contributed by atoms with Crippen LogP contribution in [0.3, 0.4) is 0 Å². The molecule has 1 aromatic rings. The zero-order valence-corrected chi connectivity index (χ0v) is 10.7. The second kappa shape index (κ2) is 4.52. The minimum absolute atomic E-state index is 0.0804. The van der Waals surface area contributed by atoms with Gasteiger partial charge in [-0.25, -0.2) is 0 Å². The first-order valence-corrected chi connectivity index (χ1v) is 6.29. The Morgan fingerprint density at radius 1 is 1.47 bits per heavy atom. The number of rotatable bonds is 4. The second-order valence-electron chi connectivity index (χ2n) is 5.44. The predicted octanol–water partition coefficient (Wildman–Crippen LogP) is 3.52. The number of aliphatic carboxylic acids is 1. The van der Waals surface area contributed by atoms with Crippen LogP contribution < -0.4 is 0 Å². The first-order chi connectivity index (χ1) is 7.99. The van der Waals surface area contributed by atoms with Gasteiger partial charge < -0.3 is 5.11 Å². The Kier molecular flexibility index (Phi) is 3.23. The summed E-state index contributed by atoms with van der Waals surface area (Å²) in [7, 11) is 0. The van der Waals surface area contributed by atoms with E-state index in [-0.39, 0.29) is 5.92 Å². The third-order valence-electron chi connectivity index (χ3n) is 3.85. The van der Waals surface area contributed by atoms with Crippen molar-refractivity contribution in [2.45, 2.75) is 39.5 Å². The zero-order valence-electron chi connectivity index (χ0n) is 10.7. The molecule has 1 aliphatic carbocycles. The van der Waals surface area contributed by atoms with Gasteiger partial charge in [0.25, 0.3) is 0 Å². The van der Waals surface area contributed by atoms with Gasteiger partial charge >= 0.3 is 5.97 Å². The number of carboxylic acid groups (broad SMARTS) is 1. The molecule has 0 bridgehead atoms. The number of carbonyl (C=O) groups is 1. The molecule has 0 heterocycles. The van der Waals surface area contributed by atoms with Crippen molar-refractivity contribution in [1.29, 1.82) is 0 Å². The monoisotopic (exact) mass is 232 g/mol. The van der Waals surface area contributed by atoms with Crippen LogP contribution in [-0.4, -0.2) is 11.1 Å². The summed E-state index contributed by atoms with van der Waals surface area (Å²) in [4.78, 5) is 10.8. The highest BCUT2D eigenvalue weighted by atomic mass is 16.4. The Bertz CT molecular complexity index is 437. The van der Waals surface area contributed by atoms with Gasteiger partial charge in [0.15, 0.2) is 0 Å². The van der Waals surface area contributed by atoms with Crippen LogP contribution in [0.4, 0.5) is 0 Å². The Hall–Kier alpha value is -1.31. The van der Waals surface area contributed by atoms with Crippen molar-refractivity contribution in [2.24, 2.45) is 11.8 Å². The molecule has 92 valence electrons. The smallest absolute Gasteiger partial charge is 0.306 e. The summed E-state index contributed by atoms with van der Waals surface area (Å²) in [5.41, 5.74) is 3.98. The van der Waals surface area contributed by atoms with E-state index in [0.29, 0.717) is 11.8 Å². The molecule has 1 aliphatic rings. The summed E-state index contributed by atoms with van der Waals surface area (Å²) in [6.07, 6.45) is 1.87. The Balaban J connectivity index is 2.01. The van der Waals surface area contributed by atoms with Crippen LogP contribution in [0.15, 0.2) is 18.2 Å². The van der Waals surface area contributed by atoms with E-state index in [1.807, 2.05) is 0 Å². The van der Waals surface area contributed by atoms with E-state index < -0.39 is 5.97 Å². The number of carboxylic acids is 1. The topological polar surface area (TPSA) is 37.3 Å². The number of benzene rings is 1. The van der Waals surface area contributed by atoms with Crippen LogP contribution >= 0.6 is 0 Å². The molecule has 2 nitrogen and oxygen atoms in total. The van der Waals surface area contributed by atoms with Crippen molar-refractivity contribution in [1.82, 2.24) is 0 Å². The summed E-state index contributed by atoms with van der Waals surface area (Å²) < 4.78 is 0. The van der Waals surface area contributed by atoms with E-state index >= 15 is 0 Å². The lowest BCUT2D eigenvalue weighted by Crippen LogP contribution is -2.03. The average Bonchev–Trinajstić information content (AvgIpc) is 2.96. The Morgan fingerprint density at radius 3 is 2.71 bits per heavy atom. The molecule has 2 heteroatoms. The first kappa shape index (κ1) is 12.2. The largest absolute Gasteiger partial charge is 0.481 e. The van der Waals surface area contributed by atoms with Crippen LogP contribution in [-0.2, 0) is 4.79 Å². The molecule has 1 N–H and O–H groups in total. The predicted molar refractivity (Wildman–Crippen MR) is 68.2 cm³/mol. The van der Waals surface area contributed by atoms with Crippen LogP contribution in [0.25, 0.3) is 0 Å². The van der Waals surface area contributed by atoms with Crippen molar-refractivity contribution < 1.29 is 9.90 Å². The maximum atomic E-state index is 10.8. The molecule has 1 aromatic carbocycles. The molecule has 0 amide bonds. The number of hydrogen-bond donors (Lipinski definition) is 1. The molecule has 1 fully saturated rings. The zero-order chi connectivity index (χ0) is 12.6. The van der Waals surface area contributed by atoms with Gasteiger partial charge in [0, 0.05) is 0 Å². The van der Waals surface area contributed by atoms with Crippen molar-refractivity contribution in [2.75, 3.05) is 0 Å². The van der Waals surface area contributed by atoms with Crippen molar-refractivity contribution >= 4 is 5.97 Å². The lowest BCUT2D eigenvalue weighted by molar-refractivity contribution is -0.138. The lowest BCUT2D eigenvalue weighted by atomic mass is 9.90. The molecular weight excluding hydrogens is 212 g/mol. The van der Waals surface area contributed by atoms with E-state index in [1.54, 1.807) is 0 Å². The highest BCUT2D eigenvalue weighted by Gasteiger charge is 2.43. The van der Waals surface area contributed by atoms with Crippen LogP contribution in [0.1, 0.15) is 42.4 Å². The van der Waals surface area contributed by atoms with E-state index in [4.69, 9.17) is 5.11 Å². The fourth-order valence-electron chi connectivity index (χ4n) is 2.77. The Labute approximate surface area is 103 Å². The third kappa shape index (κ3) is 2.68. The molecule has 3 unspecified atom stereocenters. The maximum Gasteiger partial charge on any atom is 0.306 e. The van der Waals surface area contributed by atoms with E-state index in [2.05, 4.69) is 39.0 Å². The second-order valence-corrected chi connectivity index (χ2v) is 5.44. The molecule has 1 saturated carbocycles. The Morgan fingerprint density at radius 2 is 2.18 bits per heavy atom. The minimum Gasteiger partial charge on any atom is -0.481 e. The van der Waals surface area contributed by atoms with Gasteiger partial charge in [-0.3, -0.25) is 4.79 Å². The van der Waals surface area contributed by atoms with Gasteiger partial charge in [-0.15, -0.1) is 0 Å². The fourth-order valence-corrected chi connectivity index (χ4v) is 2.77. The van der Waals surface area contributed by atoms with Crippen LogP contribution in [0.5, 0.6) is 0 Å². The molecule has 2 rings (SSSR count). The maximum absolute atomic E-state index is 10.8. The van der Waals surface area contributed by atoms with Crippen molar-refractivity contribution in [3.05, 3.63) is 34.9 Å². The highest BCUT2D eigenvalue weighted by molar-refractivity contribution is 5.73. The molecule has 3 atom stereocenters. The van der Waals surface area contributed by atoms with Crippen LogP contribution in [0.2, 0.25) is 0 Å². The first-order valence-electron chi connectivity index (χ1n) is 6.29. The highest BCUT2D eigenvalue weighted by Crippen LogP contribution is 2.45. The molecule has 17 heavy (non-hydrogen) atoms. The fraction of sp³-hybridized carbons (Fsp3) is 0.533. The van der Waals surface area contributed by atoms with Gasteiger partial charge in [0.2, 0.25) is 0 Å². The number of aryl methyl sites for hydroxylation is 2. The van der Waals surface area contributed by atoms with Gasteiger partial charge in [0.1, 0.15) is 0 Å². The molecule has 0 aromatic heterocycles. The molecule has 0 aliphatic heterocycles. The van der Waals surface area contributed by atoms with E-state index in [1.165, 1.54) is 16.7 Å². The third-order valence-corrected chi connectivity index (χ3v) is 3.85.